The van der Waals surface area contributed by atoms with Gasteiger partial charge in [0.1, 0.15) is 17.9 Å². The Bertz CT molecular complexity index is 1100. The van der Waals surface area contributed by atoms with Crippen LogP contribution in [0.1, 0.15) is 80.1 Å². The zero-order chi connectivity index (χ0) is 27.1. The van der Waals surface area contributed by atoms with E-state index in [0.717, 1.165) is 69.3 Å². The molecule has 1 unspecified atom stereocenters. The van der Waals surface area contributed by atoms with Gasteiger partial charge in [-0.15, -0.1) is 0 Å². The number of carbonyl (C=O) groups is 3. The predicted octanol–water partition coefficient (Wildman–Crippen LogP) is 3.87. The fourth-order valence-corrected chi connectivity index (χ4v) is 7.39. The topological polar surface area (TPSA) is 88.2 Å². The van der Waals surface area contributed by atoms with Crippen LogP contribution in [0.5, 0.6) is 5.75 Å². The van der Waals surface area contributed by atoms with Gasteiger partial charge in [0.15, 0.2) is 0 Å². The van der Waals surface area contributed by atoms with E-state index in [-0.39, 0.29) is 30.4 Å². The second-order valence-electron chi connectivity index (χ2n) is 11.9. The molecular formula is C29H37F2N3O5. The minimum absolute atomic E-state index is 0.0799. The van der Waals surface area contributed by atoms with E-state index in [0.29, 0.717) is 36.4 Å². The number of nitrogens with zero attached hydrogens (tertiary/aromatic N) is 2. The molecule has 1 aromatic carbocycles. The van der Waals surface area contributed by atoms with Gasteiger partial charge in [0, 0.05) is 37.7 Å². The van der Waals surface area contributed by atoms with Crippen LogP contribution in [0.2, 0.25) is 0 Å². The molecule has 5 aliphatic rings. The summed E-state index contributed by atoms with van der Waals surface area (Å²) in [5.41, 5.74) is 1.44. The molecular weight excluding hydrogens is 508 g/mol. The molecule has 3 atom stereocenters. The number of rotatable bonds is 7. The van der Waals surface area contributed by atoms with Gasteiger partial charge in [0.2, 0.25) is 11.8 Å². The summed E-state index contributed by atoms with van der Waals surface area (Å²) in [4.78, 5) is 41.0. The summed E-state index contributed by atoms with van der Waals surface area (Å²) in [6.07, 6.45) is 8.13. The molecule has 212 valence electrons. The van der Waals surface area contributed by atoms with Crippen molar-refractivity contribution in [1.82, 2.24) is 15.1 Å². The Hall–Kier alpha value is -2.59. The molecule has 1 aromatic rings. The molecule has 8 nitrogen and oxygen atoms in total. The minimum atomic E-state index is -2.68. The second-order valence-corrected chi connectivity index (χ2v) is 11.9. The van der Waals surface area contributed by atoms with E-state index < -0.39 is 18.6 Å². The summed E-state index contributed by atoms with van der Waals surface area (Å²) < 4.78 is 36.3. The molecule has 10 heteroatoms. The minimum Gasteiger partial charge on any atom is -0.489 e. The van der Waals surface area contributed by atoms with E-state index >= 15 is 0 Å². The first kappa shape index (κ1) is 26.6. The molecule has 0 aromatic heterocycles. The number of amides is 3. The standard InChI is InChI=1S/C29H37F2N3O5/c30-29(31)39-20-7-5-17(6-8-20)19-14-33(15-19)23-3-1-2-4-25(23)38-21-9-10-22-18(13-21)16-34(28(22)37)24-11-12-26(35)32-27(24)36/h9-10,13,17,19-20,23-25,29H,1-8,11-12,14-16H2,(H,32,35,36)/t17?,20?,23-,24?,25-/m1/s1. The van der Waals surface area contributed by atoms with Crippen LogP contribution in [0.4, 0.5) is 8.78 Å². The normalized spacial score (nSPS) is 32.2. The zero-order valence-corrected chi connectivity index (χ0v) is 22.2. The summed E-state index contributed by atoms with van der Waals surface area (Å²) in [6.45, 7) is -0.265. The molecule has 1 N–H and O–H groups in total. The van der Waals surface area contributed by atoms with Crippen LogP contribution in [0.3, 0.4) is 0 Å². The Kier molecular flexibility index (Phi) is 7.59. The number of imide groups is 1. The number of carbonyl (C=O) groups excluding carboxylic acids is 3. The van der Waals surface area contributed by atoms with Gasteiger partial charge < -0.3 is 14.4 Å². The third kappa shape index (κ3) is 5.55. The molecule has 3 heterocycles. The average Bonchev–Trinajstić information content (AvgIpc) is 3.20. The highest BCUT2D eigenvalue weighted by atomic mass is 19.3. The number of halogens is 2. The number of ether oxygens (including phenoxy) is 2. The highest BCUT2D eigenvalue weighted by molar-refractivity contribution is 6.05. The first-order chi connectivity index (χ1) is 18.9. The summed E-state index contributed by atoms with van der Waals surface area (Å²) in [6, 6.07) is 5.31. The van der Waals surface area contributed by atoms with E-state index in [2.05, 4.69) is 10.2 Å². The lowest BCUT2D eigenvalue weighted by Gasteiger charge is -2.51. The van der Waals surface area contributed by atoms with Gasteiger partial charge in [-0.05, 0) is 87.0 Å². The predicted molar refractivity (Wildman–Crippen MR) is 137 cm³/mol. The quantitative estimate of drug-likeness (QED) is 0.524. The molecule has 3 aliphatic heterocycles. The van der Waals surface area contributed by atoms with Crippen molar-refractivity contribution in [2.24, 2.45) is 11.8 Å². The summed E-state index contributed by atoms with van der Waals surface area (Å²) in [5.74, 6) is 1.07. The number of nitrogens with one attached hydrogen (secondary N) is 1. The third-order valence-corrected chi connectivity index (χ3v) is 9.54. The summed E-state index contributed by atoms with van der Waals surface area (Å²) >= 11 is 0. The Labute approximate surface area is 227 Å². The number of likely N-dealkylation sites (tertiary alicyclic amines) is 1. The van der Waals surface area contributed by atoms with Crippen molar-refractivity contribution in [1.29, 1.82) is 0 Å². The highest BCUT2D eigenvalue weighted by Crippen LogP contribution is 2.40. The Morgan fingerprint density at radius 3 is 2.44 bits per heavy atom. The van der Waals surface area contributed by atoms with Crippen LogP contribution in [-0.2, 0) is 20.9 Å². The van der Waals surface area contributed by atoms with Crippen molar-refractivity contribution in [2.45, 2.75) is 102 Å². The average molecular weight is 546 g/mol. The van der Waals surface area contributed by atoms with Crippen molar-refractivity contribution in [2.75, 3.05) is 13.1 Å². The van der Waals surface area contributed by atoms with Gasteiger partial charge in [0.05, 0.1) is 6.10 Å². The number of benzene rings is 1. The van der Waals surface area contributed by atoms with E-state index in [4.69, 9.17) is 9.47 Å². The van der Waals surface area contributed by atoms with Crippen molar-refractivity contribution < 1.29 is 32.6 Å². The molecule has 2 saturated carbocycles. The molecule has 0 spiro atoms. The first-order valence-corrected chi connectivity index (χ1v) is 14.5. The van der Waals surface area contributed by atoms with Crippen LogP contribution in [-0.4, -0.2) is 71.5 Å². The molecule has 3 amide bonds. The number of piperidine rings is 1. The maximum Gasteiger partial charge on any atom is 0.345 e. The van der Waals surface area contributed by atoms with Gasteiger partial charge in [-0.3, -0.25) is 24.6 Å². The highest BCUT2D eigenvalue weighted by Gasteiger charge is 2.43. The molecule has 0 radical (unpaired) electrons. The molecule has 0 bridgehead atoms. The Morgan fingerprint density at radius 2 is 1.69 bits per heavy atom. The van der Waals surface area contributed by atoms with Crippen molar-refractivity contribution >= 4 is 17.7 Å². The van der Waals surface area contributed by atoms with Gasteiger partial charge in [-0.2, -0.15) is 8.78 Å². The lowest BCUT2D eigenvalue weighted by molar-refractivity contribution is -0.174. The van der Waals surface area contributed by atoms with Gasteiger partial charge in [-0.1, -0.05) is 6.42 Å². The van der Waals surface area contributed by atoms with Gasteiger partial charge in [-0.25, -0.2) is 0 Å². The summed E-state index contributed by atoms with van der Waals surface area (Å²) in [7, 11) is 0. The van der Waals surface area contributed by atoms with Gasteiger partial charge in [0.25, 0.3) is 5.91 Å². The van der Waals surface area contributed by atoms with E-state index in [1.807, 2.05) is 12.1 Å². The zero-order valence-electron chi connectivity index (χ0n) is 22.2. The van der Waals surface area contributed by atoms with Crippen LogP contribution in [0.25, 0.3) is 0 Å². The second kappa shape index (κ2) is 11.1. The van der Waals surface area contributed by atoms with Gasteiger partial charge >= 0.3 is 6.61 Å². The lowest BCUT2D eigenvalue weighted by Crippen LogP contribution is -2.59. The van der Waals surface area contributed by atoms with E-state index in [1.54, 1.807) is 11.0 Å². The van der Waals surface area contributed by atoms with Crippen molar-refractivity contribution in [3.63, 3.8) is 0 Å². The Morgan fingerprint density at radius 1 is 0.923 bits per heavy atom. The van der Waals surface area contributed by atoms with Crippen LogP contribution in [0, 0.1) is 11.8 Å². The van der Waals surface area contributed by atoms with Crippen LogP contribution in [0.15, 0.2) is 18.2 Å². The fraction of sp³-hybridized carbons (Fsp3) is 0.690. The smallest absolute Gasteiger partial charge is 0.345 e. The van der Waals surface area contributed by atoms with E-state index in [1.165, 1.54) is 6.42 Å². The number of fused-ring (bicyclic) bond motifs is 1. The molecule has 2 saturated heterocycles. The SMILES string of the molecule is O=C1CCC(N2Cc3cc(O[C@@H]4CCCC[C@H]4N4CC(C5CCC(OC(F)F)CC5)C4)ccc3C2=O)C(=O)N1. The number of alkyl halides is 2. The summed E-state index contributed by atoms with van der Waals surface area (Å²) in [5, 5.41) is 2.34. The molecule has 6 rings (SSSR count). The largest absolute Gasteiger partial charge is 0.489 e. The fourth-order valence-electron chi connectivity index (χ4n) is 7.39. The molecule has 2 aliphatic carbocycles. The third-order valence-electron chi connectivity index (χ3n) is 9.54. The monoisotopic (exact) mass is 545 g/mol. The van der Waals surface area contributed by atoms with E-state index in [9.17, 15) is 23.2 Å². The molecule has 4 fully saturated rings. The number of hydrogen-bond acceptors (Lipinski definition) is 6. The maximum absolute atomic E-state index is 13.0. The Balaban J connectivity index is 1.04. The van der Waals surface area contributed by atoms with Crippen molar-refractivity contribution in [3.05, 3.63) is 29.3 Å². The number of hydrogen-bond donors (Lipinski definition) is 1. The first-order valence-electron chi connectivity index (χ1n) is 14.5. The van der Waals surface area contributed by atoms with Crippen molar-refractivity contribution in [3.8, 4) is 5.75 Å². The molecule has 39 heavy (non-hydrogen) atoms. The lowest BCUT2D eigenvalue weighted by atomic mass is 9.74. The maximum atomic E-state index is 13.0. The van der Waals surface area contributed by atoms with Crippen LogP contribution < -0.4 is 10.1 Å². The van der Waals surface area contributed by atoms with Crippen LogP contribution >= 0.6 is 0 Å².